The molecule has 158 valence electrons. The van der Waals surface area contributed by atoms with Gasteiger partial charge in [-0.2, -0.15) is 0 Å². The van der Waals surface area contributed by atoms with Crippen molar-refractivity contribution < 1.29 is 18.1 Å². The molecule has 0 aromatic heterocycles. The second kappa shape index (κ2) is 11.3. The number of nitrogens with one attached hydrogen (secondary N) is 3. The first kappa shape index (κ1) is 24.3. The molecule has 0 spiro atoms. The molecule has 1 heterocycles. The molecule has 3 N–H and O–H groups in total. The Hall–Kier alpha value is -1.75. The van der Waals surface area contributed by atoms with E-state index in [-0.39, 0.29) is 42.2 Å². The Balaban J connectivity index is 0.00000392. The Morgan fingerprint density at radius 1 is 1.36 bits per heavy atom. The van der Waals surface area contributed by atoms with E-state index in [1.54, 1.807) is 0 Å². The smallest absolute Gasteiger partial charge is 0.289 e. The summed E-state index contributed by atoms with van der Waals surface area (Å²) < 4.78 is 26.8. The van der Waals surface area contributed by atoms with Crippen LogP contribution in [0.1, 0.15) is 26.2 Å². The number of hydrogen-bond acceptors (Lipinski definition) is 6. The maximum Gasteiger partial charge on any atom is 0.289 e. The molecule has 1 aliphatic heterocycles. The molecule has 1 aromatic rings. The minimum Gasteiger partial charge on any atom is -0.355 e. The molecule has 11 heteroatoms. The van der Waals surface area contributed by atoms with Crippen molar-refractivity contribution in [3.05, 3.63) is 34.4 Å². The fraction of sp³-hybridized carbons (Fsp3) is 0.588. The summed E-state index contributed by atoms with van der Waals surface area (Å²) in [5.41, 5.74) is -0.482. The summed E-state index contributed by atoms with van der Waals surface area (Å²) >= 11 is 0. The van der Waals surface area contributed by atoms with Gasteiger partial charge in [-0.15, -0.1) is 12.4 Å². The Kier molecular flexibility index (Phi) is 9.80. The number of para-hydroxylation sites is 1. The number of hydrogen-bond donors (Lipinski definition) is 3. The number of sulfonamides is 1. The standard InChI is InChI=1S/C17H26N4O5S.ClH/c1-13(14-5-4-8-18-12-14)11-17(22)19-9-10-20-27(25,26)16-7-3-2-6-15(16)21(23)24;/h2-3,6-7,13-14,18,20H,4-5,8-12H2,1H3,(H,19,22);1H. The lowest BCUT2D eigenvalue weighted by Gasteiger charge is -2.28. The molecular weight excluding hydrogens is 408 g/mol. The van der Waals surface area contributed by atoms with Gasteiger partial charge in [-0.25, -0.2) is 13.1 Å². The summed E-state index contributed by atoms with van der Waals surface area (Å²) in [6.45, 7) is 4.07. The number of nitro benzene ring substituents is 1. The van der Waals surface area contributed by atoms with Crippen LogP contribution >= 0.6 is 12.4 Å². The van der Waals surface area contributed by atoms with Crippen molar-refractivity contribution in [3.8, 4) is 0 Å². The SMILES string of the molecule is CC(CC(=O)NCCNS(=O)(=O)c1ccccc1[N+](=O)[O-])C1CCCNC1.Cl. The third-order valence-electron chi connectivity index (χ3n) is 4.74. The third kappa shape index (κ3) is 7.01. The number of amides is 1. The maximum atomic E-state index is 12.3. The molecule has 1 saturated heterocycles. The molecule has 0 aliphatic carbocycles. The number of halogens is 1. The summed E-state index contributed by atoms with van der Waals surface area (Å²) in [5, 5.41) is 17.0. The van der Waals surface area contributed by atoms with E-state index < -0.39 is 20.6 Å². The first-order valence-electron chi connectivity index (χ1n) is 9.02. The summed E-state index contributed by atoms with van der Waals surface area (Å²) in [5.74, 6) is 0.598. The zero-order valence-corrected chi connectivity index (χ0v) is 17.4. The molecule has 1 aromatic carbocycles. The molecule has 1 fully saturated rings. The molecule has 0 saturated carbocycles. The molecule has 2 rings (SSSR count). The van der Waals surface area contributed by atoms with Crippen LogP contribution in [0, 0.1) is 22.0 Å². The quantitative estimate of drug-likeness (QED) is 0.306. The molecule has 1 amide bonds. The van der Waals surface area contributed by atoms with Crippen molar-refractivity contribution in [1.29, 1.82) is 0 Å². The predicted octanol–water partition coefficient (Wildman–Crippen LogP) is 1.44. The van der Waals surface area contributed by atoms with Gasteiger partial charge in [0.15, 0.2) is 4.90 Å². The molecule has 0 bridgehead atoms. The van der Waals surface area contributed by atoms with E-state index in [1.165, 1.54) is 18.2 Å². The number of rotatable bonds is 9. The number of carbonyl (C=O) groups is 1. The summed E-state index contributed by atoms with van der Waals surface area (Å²) in [7, 11) is -4.03. The van der Waals surface area contributed by atoms with Crippen molar-refractivity contribution in [3.63, 3.8) is 0 Å². The van der Waals surface area contributed by atoms with Crippen molar-refractivity contribution >= 4 is 34.0 Å². The number of nitro groups is 1. The zero-order valence-electron chi connectivity index (χ0n) is 15.7. The van der Waals surface area contributed by atoms with Gasteiger partial charge in [0.25, 0.3) is 5.69 Å². The molecular formula is C17H27ClN4O5S. The number of nitrogens with zero attached hydrogens (tertiary/aromatic N) is 1. The maximum absolute atomic E-state index is 12.3. The highest BCUT2D eigenvalue weighted by Crippen LogP contribution is 2.23. The monoisotopic (exact) mass is 434 g/mol. The number of piperidine rings is 1. The average molecular weight is 435 g/mol. The van der Waals surface area contributed by atoms with Gasteiger partial charge in [-0.1, -0.05) is 19.1 Å². The zero-order chi connectivity index (χ0) is 19.9. The normalized spacial score (nSPS) is 18.0. The van der Waals surface area contributed by atoms with E-state index in [4.69, 9.17) is 0 Å². The highest BCUT2D eigenvalue weighted by atomic mass is 35.5. The van der Waals surface area contributed by atoms with Gasteiger partial charge in [0.05, 0.1) is 4.92 Å². The molecule has 2 atom stereocenters. The van der Waals surface area contributed by atoms with E-state index in [0.717, 1.165) is 32.0 Å². The van der Waals surface area contributed by atoms with Crippen LogP contribution in [0.3, 0.4) is 0 Å². The Morgan fingerprint density at radius 2 is 2.07 bits per heavy atom. The Morgan fingerprint density at radius 3 is 2.71 bits per heavy atom. The molecule has 2 unspecified atom stereocenters. The van der Waals surface area contributed by atoms with E-state index in [9.17, 15) is 23.3 Å². The largest absolute Gasteiger partial charge is 0.355 e. The highest BCUT2D eigenvalue weighted by molar-refractivity contribution is 7.89. The third-order valence-corrected chi connectivity index (χ3v) is 6.25. The van der Waals surface area contributed by atoms with Crippen LogP contribution in [0.15, 0.2) is 29.2 Å². The topological polar surface area (TPSA) is 130 Å². The van der Waals surface area contributed by atoms with E-state index in [2.05, 4.69) is 22.3 Å². The van der Waals surface area contributed by atoms with E-state index >= 15 is 0 Å². The second-order valence-corrected chi connectivity index (χ2v) is 8.50. The fourth-order valence-electron chi connectivity index (χ4n) is 3.20. The fourth-order valence-corrected chi connectivity index (χ4v) is 4.40. The van der Waals surface area contributed by atoms with Gasteiger partial charge < -0.3 is 10.6 Å². The van der Waals surface area contributed by atoms with Crippen molar-refractivity contribution in [2.24, 2.45) is 11.8 Å². The predicted molar refractivity (Wildman–Crippen MR) is 108 cm³/mol. The van der Waals surface area contributed by atoms with E-state index in [1.807, 2.05) is 0 Å². The highest BCUT2D eigenvalue weighted by Gasteiger charge is 2.25. The summed E-state index contributed by atoms with van der Waals surface area (Å²) in [4.78, 5) is 21.9. The van der Waals surface area contributed by atoms with Crippen molar-refractivity contribution in [1.82, 2.24) is 15.4 Å². The number of benzene rings is 1. The van der Waals surface area contributed by atoms with Crippen LogP contribution in [0.4, 0.5) is 5.69 Å². The van der Waals surface area contributed by atoms with Gasteiger partial charge in [0.1, 0.15) is 0 Å². The van der Waals surface area contributed by atoms with Gasteiger partial charge in [0.2, 0.25) is 15.9 Å². The van der Waals surface area contributed by atoms with Crippen molar-refractivity contribution in [2.45, 2.75) is 31.1 Å². The first-order chi connectivity index (χ1) is 12.8. The van der Waals surface area contributed by atoms with Gasteiger partial charge >= 0.3 is 0 Å². The van der Waals surface area contributed by atoms with Crippen LogP contribution in [-0.2, 0) is 14.8 Å². The average Bonchev–Trinajstić information content (AvgIpc) is 2.66. The number of carbonyl (C=O) groups excluding carboxylic acids is 1. The summed E-state index contributed by atoms with van der Waals surface area (Å²) in [6, 6.07) is 5.14. The Labute approximate surface area is 171 Å². The summed E-state index contributed by atoms with van der Waals surface area (Å²) in [6.07, 6.45) is 2.62. The van der Waals surface area contributed by atoms with Crippen LogP contribution in [-0.4, -0.2) is 45.4 Å². The molecule has 1 aliphatic rings. The minimum absolute atomic E-state index is 0. The Bertz CT molecular complexity index is 769. The van der Waals surface area contributed by atoms with Crippen LogP contribution < -0.4 is 15.4 Å². The van der Waals surface area contributed by atoms with Gasteiger partial charge in [0, 0.05) is 25.6 Å². The van der Waals surface area contributed by atoms with Gasteiger partial charge in [-0.05, 0) is 43.8 Å². The van der Waals surface area contributed by atoms with Gasteiger partial charge in [-0.3, -0.25) is 14.9 Å². The van der Waals surface area contributed by atoms with Crippen molar-refractivity contribution in [2.75, 3.05) is 26.2 Å². The molecule has 28 heavy (non-hydrogen) atoms. The lowest BCUT2D eigenvalue weighted by atomic mass is 9.85. The molecule has 9 nitrogen and oxygen atoms in total. The minimum atomic E-state index is -4.03. The lowest BCUT2D eigenvalue weighted by molar-refractivity contribution is -0.387. The molecule has 0 radical (unpaired) electrons. The van der Waals surface area contributed by atoms with Crippen LogP contribution in [0.2, 0.25) is 0 Å². The van der Waals surface area contributed by atoms with E-state index in [0.29, 0.717) is 12.3 Å². The lowest BCUT2D eigenvalue weighted by Crippen LogP contribution is -2.38. The van der Waals surface area contributed by atoms with Crippen LogP contribution in [0.25, 0.3) is 0 Å². The second-order valence-electron chi connectivity index (χ2n) is 6.76. The first-order valence-corrected chi connectivity index (χ1v) is 10.5. The van der Waals surface area contributed by atoms with Crippen LogP contribution in [0.5, 0.6) is 0 Å².